The number of carbonyl (C=O) groups excluding carboxylic acids is 2. The molecule has 0 aliphatic carbocycles. The van der Waals surface area contributed by atoms with Gasteiger partial charge < -0.3 is 14.4 Å². The maximum atomic E-state index is 11.4. The molecule has 0 saturated carbocycles. The molecular weight excluding hydrogens is 268 g/mol. The molecule has 2 aromatic heterocycles. The Morgan fingerprint density at radius 3 is 2.45 bits per heavy atom. The molecule has 0 spiro atoms. The van der Waals surface area contributed by atoms with Gasteiger partial charge in [0.2, 0.25) is 0 Å². The number of hydrogen-bond donors (Lipinski definition) is 0. The standard InChI is InChI=1S/C10H12N6O4/c1-19-9(17)5-15(6-10(18)20-2)8-4-3-7-11-13-14-16(7)12-8/h3-4H,5-6H2,1-2H3. The van der Waals surface area contributed by atoms with Crippen molar-refractivity contribution < 1.29 is 19.1 Å². The van der Waals surface area contributed by atoms with E-state index in [1.54, 1.807) is 12.1 Å². The molecule has 10 nitrogen and oxygen atoms in total. The SMILES string of the molecule is COC(=O)CN(CC(=O)OC)c1ccc2nnnn2n1. The van der Waals surface area contributed by atoms with Crippen molar-refractivity contribution in [3.05, 3.63) is 12.1 Å². The lowest BCUT2D eigenvalue weighted by molar-refractivity contribution is -0.140. The lowest BCUT2D eigenvalue weighted by atomic mass is 10.4. The topological polar surface area (TPSA) is 112 Å². The summed E-state index contributed by atoms with van der Waals surface area (Å²) < 4.78 is 10.4. The largest absolute Gasteiger partial charge is 0.468 e. The van der Waals surface area contributed by atoms with Crippen LogP contribution in [0.1, 0.15) is 0 Å². The van der Waals surface area contributed by atoms with Crippen LogP contribution in [0.5, 0.6) is 0 Å². The number of aromatic nitrogens is 5. The van der Waals surface area contributed by atoms with Crippen LogP contribution in [0.3, 0.4) is 0 Å². The lowest BCUT2D eigenvalue weighted by Crippen LogP contribution is -2.36. The molecule has 2 rings (SSSR count). The second-order valence-electron chi connectivity index (χ2n) is 3.73. The zero-order chi connectivity index (χ0) is 14.5. The van der Waals surface area contributed by atoms with Crippen LogP contribution in [0.2, 0.25) is 0 Å². The van der Waals surface area contributed by atoms with Crippen LogP contribution in [0, 0.1) is 0 Å². The van der Waals surface area contributed by atoms with Gasteiger partial charge in [0.1, 0.15) is 13.1 Å². The molecular formula is C10H12N6O4. The summed E-state index contributed by atoms with van der Waals surface area (Å²) >= 11 is 0. The van der Waals surface area contributed by atoms with Crippen molar-refractivity contribution >= 4 is 23.4 Å². The van der Waals surface area contributed by atoms with E-state index in [0.717, 1.165) is 0 Å². The number of rotatable bonds is 5. The van der Waals surface area contributed by atoms with Crippen LogP contribution in [0.25, 0.3) is 5.65 Å². The van der Waals surface area contributed by atoms with Crippen LogP contribution >= 0.6 is 0 Å². The molecule has 0 radical (unpaired) electrons. The molecule has 0 aliphatic rings. The summed E-state index contributed by atoms with van der Waals surface area (Å²) in [5, 5.41) is 14.9. The number of ether oxygens (including phenoxy) is 2. The Hall–Kier alpha value is -2.78. The second-order valence-corrected chi connectivity index (χ2v) is 3.73. The van der Waals surface area contributed by atoms with Crippen molar-refractivity contribution in [1.82, 2.24) is 25.3 Å². The molecule has 2 aromatic rings. The molecule has 0 N–H and O–H groups in total. The van der Waals surface area contributed by atoms with E-state index in [0.29, 0.717) is 11.5 Å². The molecule has 0 bridgehead atoms. The first-order valence-corrected chi connectivity index (χ1v) is 5.58. The van der Waals surface area contributed by atoms with Crippen molar-refractivity contribution in [2.24, 2.45) is 0 Å². The fourth-order valence-electron chi connectivity index (χ4n) is 1.47. The average molecular weight is 280 g/mol. The summed E-state index contributed by atoms with van der Waals surface area (Å²) in [6.07, 6.45) is 0. The number of carbonyl (C=O) groups is 2. The molecule has 0 unspecified atom stereocenters. The van der Waals surface area contributed by atoms with Gasteiger partial charge in [0.05, 0.1) is 14.2 Å². The zero-order valence-corrected chi connectivity index (χ0v) is 10.9. The van der Waals surface area contributed by atoms with Gasteiger partial charge in [0.15, 0.2) is 11.5 Å². The van der Waals surface area contributed by atoms with E-state index in [9.17, 15) is 9.59 Å². The maximum Gasteiger partial charge on any atom is 0.325 e. The number of nitrogens with zero attached hydrogens (tertiary/aromatic N) is 6. The highest BCUT2D eigenvalue weighted by atomic mass is 16.5. The molecule has 2 heterocycles. The second kappa shape index (κ2) is 5.91. The summed E-state index contributed by atoms with van der Waals surface area (Å²) in [6.45, 7) is -0.293. The number of hydrogen-bond acceptors (Lipinski definition) is 9. The summed E-state index contributed by atoms with van der Waals surface area (Å²) in [6, 6.07) is 3.21. The molecule has 10 heteroatoms. The first-order valence-electron chi connectivity index (χ1n) is 5.58. The normalized spacial score (nSPS) is 10.3. The van der Waals surface area contributed by atoms with Gasteiger partial charge in [-0.1, -0.05) is 0 Å². The van der Waals surface area contributed by atoms with Gasteiger partial charge in [-0.25, -0.2) is 0 Å². The van der Waals surface area contributed by atoms with Gasteiger partial charge in [0.25, 0.3) is 0 Å². The Labute approximate surface area is 113 Å². The Balaban J connectivity index is 2.27. The van der Waals surface area contributed by atoms with Gasteiger partial charge in [0, 0.05) is 0 Å². The predicted molar refractivity (Wildman–Crippen MR) is 64.8 cm³/mol. The van der Waals surface area contributed by atoms with Gasteiger partial charge in [-0.15, -0.1) is 14.8 Å². The van der Waals surface area contributed by atoms with Gasteiger partial charge in [-0.05, 0) is 22.6 Å². The summed E-state index contributed by atoms with van der Waals surface area (Å²) in [7, 11) is 2.52. The molecule has 106 valence electrons. The van der Waals surface area contributed by atoms with Crippen LogP contribution in [-0.4, -0.2) is 64.5 Å². The third kappa shape index (κ3) is 2.96. The fourth-order valence-corrected chi connectivity index (χ4v) is 1.47. The number of methoxy groups -OCH3 is 2. The molecule has 0 fully saturated rings. The number of tetrazole rings is 1. The number of anilines is 1. The molecule has 0 saturated heterocycles. The van der Waals surface area contributed by atoms with Gasteiger partial charge >= 0.3 is 11.9 Å². The molecule has 0 aliphatic heterocycles. The molecule has 0 aromatic carbocycles. The smallest absolute Gasteiger partial charge is 0.325 e. The van der Waals surface area contributed by atoms with Gasteiger partial charge in [-0.2, -0.15) is 0 Å². The minimum Gasteiger partial charge on any atom is -0.468 e. The molecule has 0 amide bonds. The van der Waals surface area contributed by atoms with Crippen LogP contribution in [0.4, 0.5) is 5.82 Å². The number of fused-ring (bicyclic) bond motifs is 1. The third-order valence-electron chi connectivity index (χ3n) is 2.47. The van der Waals surface area contributed by atoms with E-state index in [1.165, 1.54) is 23.7 Å². The summed E-state index contributed by atoms with van der Waals surface area (Å²) in [5.41, 5.74) is 0.449. The van der Waals surface area contributed by atoms with E-state index in [1.807, 2.05) is 0 Å². The highest BCUT2D eigenvalue weighted by Crippen LogP contribution is 2.10. The Bertz CT molecular complexity index is 609. The van der Waals surface area contributed by atoms with E-state index in [4.69, 9.17) is 0 Å². The van der Waals surface area contributed by atoms with Crippen molar-refractivity contribution in [3.63, 3.8) is 0 Å². The van der Waals surface area contributed by atoms with E-state index in [-0.39, 0.29) is 13.1 Å². The van der Waals surface area contributed by atoms with Crippen molar-refractivity contribution in [3.8, 4) is 0 Å². The fraction of sp³-hybridized carbons (Fsp3) is 0.400. The van der Waals surface area contributed by atoms with E-state index < -0.39 is 11.9 Å². The average Bonchev–Trinajstić information content (AvgIpc) is 2.93. The summed E-state index contributed by atoms with van der Waals surface area (Å²) in [5.74, 6) is -0.666. The van der Waals surface area contributed by atoms with E-state index >= 15 is 0 Å². The Kier molecular flexibility index (Phi) is 4.03. The monoisotopic (exact) mass is 280 g/mol. The van der Waals surface area contributed by atoms with Crippen LogP contribution in [0.15, 0.2) is 12.1 Å². The predicted octanol–water partition coefficient (Wildman–Crippen LogP) is -1.33. The number of esters is 2. The van der Waals surface area contributed by atoms with Crippen molar-refractivity contribution in [2.75, 3.05) is 32.2 Å². The van der Waals surface area contributed by atoms with Gasteiger partial charge in [-0.3, -0.25) is 9.59 Å². The minimum absolute atomic E-state index is 0.147. The first kappa shape index (κ1) is 13.6. The van der Waals surface area contributed by atoms with Crippen LogP contribution < -0.4 is 4.90 Å². The Morgan fingerprint density at radius 1 is 1.20 bits per heavy atom. The van der Waals surface area contributed by atoms with E-state index in [2.05, 4.69) is 30.1 Å². The quantitative estimate of drug-likeness (QED) is 0.615. The Morgan fingerprint density at radius 2 is 1.85 bits per heavy atom. The van der Waals surface area contributed by atoms with Crippen molar-refractivity contribution in [1.29, 1.82) is 0 Å². The van der Waals surface area contributed by atoms with Crippen LogP contribution in [-0.2, 0) is 19.1 Å². The zero-order valence-electron chi connectivity index (χ0n) is 10.9. The maximum absolute atomic E-state index is 11.4. The molecule has 0 atom stereocenters. The molecule has 20 heavy (non-hydrogen) atoms. The minimum atomic E-state index is -0.507. The first-order chi connectivity index (χ1) is 9.63. The highest BCUT2D eigenvalue weighted by molar-refractivity contribution is 5.80. The lowest BCUT2D eigenvalue weighted by Gasteiger charge is -2.20. The summed E-state index contributed by atoms with van der Waals surface area (Å²) in [4.78, 5) is 24.2. The highest BCUT2D eigenvalue weighted by Gasteiger charge is 2.18. The third-order valence-corrected chi connectivity index (χ3v) is 2.47. The van der Waals surface area contributed by atoms with Crippen molar-refractivity contribution in [2.45, 2.75) is 0 Å².